The van der Waals surface area contributed by atoms with Crippen LogP contribution in [0.3, 0.4) is 0 Å². The van der Waals surface area contributed by atoms with Gasteiger partial charge in [0.25, 0.3) is 15.9 Å². The van der Waals surface area contributed by atoms with E-state index in [9.17, 15) is 18.0 Å². The predicted octanol–water partition coefficient (Wildman–Crippen LogP) is 0.329. The van der Waals surface area contributed by atoms with E-state index in [1.807, 2.05) is 0 Å². The second kappa shape index (κ2) is 5.53. The van der Waals surface area contributed by atoms with Gasteiger partial charge in [-0.3, -0.25) is 4.79 Å². The summed E-state index contributed by atoms with van der Waals surface area (Å²) in [6.07, 6.45) is -1.02. The minimum Gasteiger partial charge on any atom is -0.449 e. The molecule has 3 rings (SSSR count). The van der Waals surface area contributed by atoms with Gasteiger partial charge < -0.3 is 15.4 Å². The van der Waals surface area contributed by atoms with E-state index in [1.54, 1.807) is 23.1 Å². The normalized spacial score (nSPS) is 19.3. The molecule has 1 aromatic carbocycles. The number of primary amides is 1. The molecule has 2 aliphatic rings. The molecule has 23 heavy (non-hydrogen) atoms. The molecule has 0 fully saturated rings. The number of hydrogen-bond acceptors (Lipinski definition) is 7. The van der Waals surface area contributed by atoms with Crippen molar-refractivity contribution < 1.29 is 22.7 Å². The number of amidine groups is 1. The number of sulfonamides is 1. The lowest BCUT2D eigenvalue weighted by atomic mass is 10.2. The zero-order valence-electron chi connectivity index (χ0n) is 12.1. The summed E-state index contributed by atoms with van der Waals surface area (Å²) in [5, 5.41) is 0.377. The number of hydrogen-bond donors (Lipinski definition) is 1. The first-order valence-corrected chi connectivity index (χ1v) is 9.12. The van der Waals surface area contributed by atoms with Crippen molar-refractivity contribution in [3.05, 3.63) is 23.8 Å². The third-order valence-corrected chi connectivity index (χ3v) is 5.70. The Bertz CT molecular complexity index is 834. The first-order valence-electron chi connectivity index (χ1n) is 6.69. The lowest BCUT2D eigenvalue weighted by Gasteiger charge is -2.22. The zero-order chi connectivity index (χ0) is 16.8. The number of rotatable bonds is 3. The van der Waals surface area contributed by atoms with Crippen molar-refractivity contribution in [3.63, 3.8) is 0 Å². The lowest BCUT2D eigenvalue weighted by Crippen LogP contribution is -2.35. The highest BCUT2D eigenvalue weighted by Crippen LogP contribution is 2.42. The SMILES string of the molecule is C[C@H](OC(=O)c1ccc2c(c1)SC1=NS(=O)(=O)CCN12)C(N)=O. The Balaban J connectivity index is 1.86. The van der Waals surface area contributed by atoms with Gasteiger partial charge in [0.05, 0.1) is 17.0 Å². The van der Waals surface area contributed by atoms with Crippen molar-refractivity contribution in [2.24, 2.45) is 10.1 Å². The molecule has 0 aliphatic carbocycles. The highest BCUT2D eigenvalue weighted by Gasteiger charge is 2.33. The van der Waals surface area contributed by atoms with Crippen molar-refractivity contribution in [1.82, 2.24) is 0 Å². The van der Waals surface area contributed by atoms with Crippen LogP contribution in [-0.2, 0) is 19.6 Å². The Morgan fingerprint density at radius 1 is 1.43 bits per heavy atom. The number of ether oxygens (including phenoxy) is 1. The van der Waals surface area contributed by atoms with Crippen LogP contribution < -0.4 is 10.6 Å². The largest absolute Gasteiger partial charge is 0.449 e. The van der Waals surface area contributed by atoms with Gasteiger partial charge in [0.15, 0.2) is 11.3 Å². The molecule has 2 N–H and O–H groups in total. The van der Waals surface area contributed by atoms with Crippen molar-refractivity contribution in [1.29, 1.82) is 0 Å². The minimum absolute atomic E-state index is 0.0452. The van der Waals surface area contributed by atoms with Gasteiger partial charge >= 0.3 is 5.97 Å². The number of thioether (sulfide) groups is 1. The second-order valence-corrected chi connectivity index (χ2v) is 7.81. The van der Waals surface area contributed by atoms with Gasteiger partial charge in [0.1, 0.15) is 0 Å². The number of esters is 1. The van der Waals surface area contributed by atoms with Crippen LogP contribution in [0.15, 0.2) is 27.5 Å². The molecule has 1 aromatic rings. The number of nitrogens with zero attached hydrogens (tertiary/aromatic N) is 2. The molecule has 0 unspecified atom stereocenters. The molecule has 0 saturated carbocycles. The standard InChI is InChI=1S/C13H13N3O5S2/c1-7(11(14)17)21-12(18)8-2-3-9-10(6-8)22-13-15-23(19,20)5-4-16(9)13/h2-3,6-7H,4-5H2,1H3,(H2,14,17)/t7-/m0/s1. The molecule has 2 heterocycles. The topological polar surface area (TPSA) is 119 Å². The van der Waals surface area contributed by atoms with Crippen molar-refractivity contribution in [3.8, 4) is 0 Å². The molecular formula is C13H13N3O5S2. The van der Waals surface area contributed by atoms with E-state index in [0.29, 0.717) is 16.6 Å². The third kappa shape index (κ3) is 3.04. The fourth-order valence-corrected chi connectivity index (χ4v) is 4.44. The molecule has 122 valence electrons. The summed E-state index contributed by atoms with van der Waals surface area (Å²) in [6.45, 7) is 1.71. The van der Waals surface area contributed by atoms with E-state index in [2.05, 4.69) is 4.40 Å². The van der Waals surface area contributed by atoms with Crippen LogP contribution >= 0.6 is 11.8 Å². The quantitative estimate of drug-likeness (QED) is 0.776. The maximum absolute atomic E-state index is 12.0. The fourth-order valence-electron chi connectivity index (χ4n) is 2.14. The average molecular weight is 355 g/mol. The molecule has 0 spiro atoms. The molecule has 10 heteroatoms. The summed E-state index contributed by atoms with van der Waals surface area (Å²) in [5.74, 6) is -1.44. The Labute approximate surface area is 136 Å². The van der Waals surface area contributed by atoms with Crippen molar-refractivity contribution in [2.45, 2.75) is 17.9 Å². The number of carbonyl (C=O) groups excluding carboxylic acids is 2. The van der Waals surface area contributed by atoms with Gasteiger partial charge in [0.2, 0.25) is 0 Å². The van der Waals surface area contributed by atoms with Crippen LogP contribution in [0.25, 0.3) is 0 Å². The number of amides is 1. The molecule has 0 radical (unpaired) electrons. The summed E-state index contributed by atoms with van der Waals surface area (Å²) >= 11 is 1.18. The highest BCUT2D eigenvalue weighted by atomic mass is 32.2. The van der Waals surface area contributed by atoms with Crippen LogP contribution in [0.4, 0.5) is 5.69 Å². The summed E-state index contributed by atoms with van der Waals surface area (Å²) < 4.78 is 31.8. The molecular weight excluding hydrogens is 342 g/mol. The number of anilines is 1. The summed E-state index contributed by atoms with van der Waals surface area (Å²) in [6, 6.07) is 4.85. The predicted molar refractivity (Wildman–Crippen MR) is 84.9 cm³/mol. The maximum atomic E-state index is 12.0. The van der Waals surface area contributed by atoms with Crippen LogP contribution in [0.1, 0.15) is 17.3 Å². The van der Waals surface area contributed by atoms with Crippen LogP contribution in [0.5, 0.6) is 0 Å². The third-order valence-electron chi connectivity index (χ3n) is 3.39. The monoisotopic (exact) mass is 355 g/mol. The summed E-state index contributed by atoms with van der Waals surface area (Å²) in [4.78, 5) is 25.4. The van der Waals surface area contributed by atoms with E-state index < -0.39 is 28.0 Å². The van der Waals surface area contributed by atoms with E-state index in [0.717, 1.165) is 5.69 Å². The van der Waals surface area contributed by atoms with Crippen molar-refractivity contribution >= 4 is 44.5 Å². The molecule has 1 atom stereocenters. The smallest absolute Gasteiger partial charge is 0.338 e. The first-order chi connectivity index (χ1) is 10.8. The Hall–Kier alpha value is -2.07. The number of fused-ring (bicyclic) bond motifs is 3. The molecule has 2 aliphatic heterocycles. The minimum atomic E-state index is -3.42. The number of benzene rings is 1. The van der Waals surface area contributed by atoms with Gasteiger partial charge in [-0.25, -0.2) is 13.2 Å². The molecule has 0 bridgehead atoms. The van der Waals surface area contributed by atoms with Gasteiger partial charge in [-0.05, 0) is 36.9 Å². The van der Waals surface area contributed by atoms with Crippen LogP contribution in [-0.4, -0.2) is 43.9 Å². The number of carbonyl (C=O) groups is 2. The van der Waals surface area contributed by atoms with Gasteiger partial charge in [-0.2, -0.15) is 0 Å². The molecule has 0 saturated heterocycles. The van der Waals surface area contributed by atoms with E-state index >= 15 is 0 Å². The van der Waals surface area contributed by atoms with Gasteiger partial charge in [-0.1, -0.05) is 0 Å². The molecule has 0 aromatic heterocycles. The van der Waals surface area contributed by atoms with E-state index in [4.69, 9.17) is 10.5 Å². The van der Waals surface area contributed by atoms with Gasteiger partial charge in [-0.15, -0.1) is 4.40 Å². The highest BCUT2D eigenvalue weighted by molar-refractivity contribution is 8.15. The zero-order valence-corrected chi connectivity index (χ0v) is 13.7. The molecule has 8 nitrogen and oxygen atoms in total. The Morgan fingerprint density at radius 3 is 2.87 bits per heavy atom. The fraction of sp³-hybridized carbons (Fsp3) is 0.308. The lowest BCUT2D eigenvalue weighted by molar-refractivity contribution is -0.125. The van der Waals surface area contributed by atoms with Crippen molar-refractivity contribution in [2.75, 3.05) is 17.2 Å². The summed E-state index contributed by atoms with van der Waals surface area (Å²) in [7, 11) is -3.42. The molecule has 1 amide bonds. The average Bonchev–Trinajstić information content (AvgIpc) is 2.81. The van der Waals surface area contributed by atoms with Crippen LogP contribution in [0, 0.1) is 0 Å². The van der Waals surface area contributed by atoms with E-state index in [-0.39, 0.29) is 11.3 Å². The first kappa shape index (κ1) is 15.8. The van der Waals surface area contributed by atoms with Crippen LogP contribution in [0.2, 0.25) is 0 Å². The maximum Gasteiger partial charge on any atom is 0.338 e. The number of nitrogens with two attached hydrogens (primary N) is 1. The van der Waals surface area contributed by atoms with E-state index in [1.165, 1.54) is 18.7 Å². The van der Waals surface area contributed by atoms with Gasteiger partial charge in [0, 0.05) is 11.4 Å². The Morgan fingerprint density at radius 2 is 2.17 bits per heavy atom. The second-order valence-electron chi connectivity index (χ2n) is 5.05. The summed E-state index contributed by atoms with van der Waals surface area (Å²) in [5.41, 5.74) is 6.11. The Kier molecular flexibility index (Phi) is 3.80.